The Morgan fingerprint density at radius 1 is 0.971 bits per heavy atom. The van der Waals surface area contributed by atoms with Crippen molar-refractivity contribution in [2.24, 2.45) is 4.99 Å². The highest BCUT2D eigenvalue weighted by molar-refractivity contribution is 6.19. The maximum absolute atomic E-state index is 14.2. The van der Waals surface area contributed by atoms with Gasteiger partial charge >= 0.3 is 0 Å². The number of carbonyl (C=O) groups excluding carboxylic acids is 2. The lowest BCUT2D eigenvalue weighted by molar-refractivity contribution is 0.0949. The van der Waals surface area contributed by atoms with Crippen LogP contribution in [-0.2, 0) is 6.54 Å². The van der Waals surface area contributed by atoms with Crippen LogP contribution in [0.1, 0.15) is 45.5 Å². The van der Waals surface area contributed by atoms with Gasteiger partial charge in [0.1, 0.15) is 5.82 Å². The van der Waals surface area contributed by atoms with E-state index in [9.17, 15) is 14.0 Å². The van der Waals surface area contributed by atoms with E-state index in [4.69, 9.17) is 0 Å². The number of likely N-dealkylation sites (N-methyl/N-ethyl adjacent to an activating group) is 1. The molecule has 0 unspecified atom stereocenters. The van der Waals surface area contributed by atoms with Gasteiger partial charge in [0.25, 0.3) is 11.8 Å². The van der Waals surface area contributed by atoms with E-state index in [1.807, 2.05) is 4.90 Å². The number of amides is 2. The number of halogens is 1. The summed E-state index contributed by atoms with van der Waals surface area (Å²) in [7, 11) is 2.15. The zero-order valence-electron chi connectivity index (χ0n) is 20.0. The number of anilines is 2. The van der Waals surface area contributed by atoms with Crippen LogP contribution in [0, 0.1) is 5.82 Å². The van der Waals surface area contributed by atoms with E-state index in [2.05, 4.69) is 50.7 Å². The smallest absolute Gasteiger partial charge is 0.280 e. The SMILES string of the molecule is CN1CCN(Cc2ccc3c(c2)N/C2=N\C(=O)c4ccc(F)c(c4)C(=O)NCCCCCN23)CC1. The molecule has 0 atom stereocenters. The average molecular weight is 479 g/mol. The molecule has 9 heteroatoms. The molecule has 5 rings (SSSR count). The highest BCUT2D eigenvalue weighted by Crippen LogP contribution is 2.34. The molecule has 2 amide bonds. The summed E-state index contributed by atoms with van der Waals surface area (Å²) in [6.45, 7) is 6.28. The predicted octanol–water partition coefficient (Wildman–Crippen LogP) is 2.92. The summed E-state index contributed by atoms with van der Waals surface area (Å²) in [5.74, 6) is -1.22. The van der Waals surface area contributed by atoms with Crippen LogP contribution in [0.15, 0.2) is 41.4 Å². The molecule has 2 bridgehead atoms. The number of nitrogens with one attached hydrogen (secondary N) is 2. The van der Waals surface area contributed by atoms with Crippen LogP contribution < -0.4 is 15.5 Å². The lowest BCUT2D eigenvalue weighted by Gasteiger charge is -2.32. The first-order chi connectivity index (χ1) is 17.0. The molecule has 3 aliphatic rings. The van der Waals surface area contributed by atoms with Crippen LogP contribution in [0.3, 0.4) is 0 Å². The molecular formula is C26H31FN6O2. The predicted molar refractivity (Wildman–Crippen MR) is 135 cm³/mol. The first kappa shape index (κ1) is 23.4. The summed E-state index contributed by atoms with van der Waals surface area (Å²) < 4.78 is 14.2. The highest BCUT2D eigenvalue weighted by Gasteiger charge is 2.27. The minimum atomic E-state index is -0.653. The summed E-state index contributed by atoms with van der Waals surface area (Å²) in [5.41, 5.74) is 3.19. The molecule has 2 N–H and O–H groups in total. The van der Waals surface area contributed by atoms with Crippen LogP contribution in [0.2, 0.25) is 0 Å². The maximum atomic E-state index is 14.2. The van der Waals surface area contributed by atoms with Gasteiger partial charge in [-0.05, 0) is 62.2 Å². The second-order valence-electron chi connectivity index (χ2n) is 9.46. The molecule has 0 saturated carbocycles. The molecule has 2 aromatic carbocycles. The Hall–Kier alpha value is -3.30. The minimum absolute atomic E-state index is 0.138. The fourth-order valence-electron chi connectivity index (χ4n) is 4.76. The van der Waals surface area contributed by atoms with Gasteiger partial charge in [-0.3, -0.25) is 14.5 Å². The van der Waals surface area contributed by atoms with Gasteiger partial charge in [0.05, 0.1) is 16.9 Å². The summed E-state index contributed by atoms with van der Waals surface area (Å²) in [6.07, 6.45) is 2.54. The molecule has 3 heterocycles. The number of hydrogen-bond donors (Lipinski definition) is 2. The molecular weight excluding hydrogens is 447 g/mol. The van der Waals surface area contributed by atoms with E-state index in [1.54, 1.807) is 0 Å². The second kappa shape index (κ2) is 10.1. The molecule has 1 saturated heterocycles. The molecule has 35 heavy (non-hydrogen) atoms. The van der Waals surface area contributed by atoms with Crippen LogP contribution in [-0.4, -0.2) is 73.9 Å². The first-order valence-corrected chi connectivity index (χ1v) is 12.3. The van der Waals surface area contributed by atoms with E-state index < -0.39 is 17.6 Å². The molecule has 8 nitrogen and oxygen atoms in total. The number of rotatable bonds is 2. The average Bonchev–Trinajstić information content (AvgIpc) is 3.18. The number of fused-ring (bicyclic) bond motifs is 5. The van der Waals surface area contributed by atoms with Crippen molar-refractivity contribution in [2.45, 2.75) is 25.8 Å². The molecule has 0 spiro atoms. The van der Waals surface area contributed by atoms with E-state index in [1.165, 1.54) is 17.7 Å². The van der Waals surface area contributed by atoms with Crippen LogP contribution in [0.4, 0.5) is 15.8 Å². The van der Waals surface area contributed by atoms with Crippen molar-refractivity contribution < 1.29 is 14.0 Å². The quantitative estimate of drug-likeness (QED) is 0.691. The summed E-state index contributed by atoms with van der Waals surface area (Å²) in [5, 5.41) is 6.08. The monoisotopic (exact) mass is 478 g/mol. The van der Waals surface area contributed by atoms with Gasteiger partial charge in [-0.2, -0.15) is 4.99 Å². The number of aliphatic imine (C=N–C) groups is 1. The lowest BCUT2D eigenvalue weighted by atomic mass is 10.1. The topological polar surface area (TPSA) is 80.3 Å². The first-order valence-electron chi connectivity index (χ1n) is 12.3. The van der Waals surface area contributed by atoms with Crippen LogP contribution >= 0.6 is 0 Å². The normalized spacial score (nSPS) is 21.3. The molecule has 2 aromatic rings. The van der Waals surface area contributed by atoms with Crippen molar-refractivity contribution in [1.82, 2.24) is 15.1 Å². The number of nitrogens with zero attached hydrogens (tertiary/aromatic N) is 4. The zero-order chi connectivity index (χ0) is 24.4. The van der Waals surface area contributed by atoms with Crippen molar-refractivity contribution in [3.63, 3.8) is 0 Å². The molecule has 0 aromatic heterocycles. The van der Waals surface area contributed by atoms with Gasteiger partial charge in [-0.1, -0.05) is 6.07 Å². The Kier molecular flexibility index (Phi) is 6.79. The standard InChI is InChI=1S/C26H31FN6O2/c1-31-11-13-32(14-12-31)17-18-5-8-23-22(15-18)29-26-30-24(34)19-6-7-21(27)20(16-19)25(35)28-9-3-2-4-10-33(23)26/h5-8,15-16H,2-4,9-14,17H2,1H3,(H,28,35)(H,29,30,34). The van der Waals surface area contributed by atoms with Gasteiger partial charge in [0.15, 0.2) is 0 Å². The van der Waals surface area contributed by atoms with Crippen LogP contribution in [0.25, 0.3) is 0 Å². The molecule has 184 valence electrons. The van der Waals surface area contributed by atoms with Crippen molar-refractivity contribution in [3.8, 4) is 0 Å². The zero-order valence-corrected chi connectivity index (χ0v) is 20.0. The molecule has 1 fully saturated rings. The third-order valence-corrected chi connectivity index (χ3v) is 6.87. The van der Waals surface area contributed by atoms with Gasteiger partial charge in [-0.25, -0.2) is 4.39 Å². The third kappa shape index (κ3) is 5.21. The Balaban J connectivity index is 1.41. The largest absolute Gasteiger partial charge is 0.352 e. The molecule has 0 radical (unpaired) electrons. The van der Waals surface area contributed by atoms with E-state index in [-0.39, 0.29) is 11.1 Å². The number of guanidine groups is 1. The van der Waals surface area contributed by atoms with Gasteiger partial charge in [0.2, 0.25) is 5.96 Å². The van der Waals surface area contributed by atoms with E-state index >= 15 is 0 Å². The van der Waals surface area contributed by atoms with Gasteiger partial charge in [0, 0.05) is 51.4 Å². The van der Waals surface area contributed by atoms with Crippen molar-refractivity contribution in [3.05, 3.63) is 58.9 Å². The number of hydrogen-bond acceptors (Lipinski definition) is 6. The number of carbonyl (C=O) groups is 2. The number of benzene rings is 2. The Morgan fingerprint density at radius 3 is 2.63 bits per heavy atom. The van der Waals surface area contributed by atoms with Crippen molar-refractivity contribution >= 4 is 29.1 Å². The number of piperazine rings is 1. The Bertz CT molecular complexity index is 1160. The summed E-state index contributed by atoms with van der Waals surface area (Å²) in [6, 6.07) is 10.2. The van der Waals surface area contributed by atoms with E-state index in [0.717, 1.165) is 69.4 Å². The highest BCUT2D eigenvalue weighted by atomic mass is 19.1. The Labute approximate surface area is 204 Å². The van der Waals surface area contributed by atoms with Crippen molar-refractivity contribution in [1.29, 1.82) is 0 Å². The van der Waals surface area contributed by atoms with Gasteiger partial charge in [-0.15, -0.1) is 0 Å². The van der Waals surface area contributed by atoms with E-state index in [0.29, 0.717) is 19.0 Å². The summed E-state index contributed by atoms with van der Waals surface area (Å²) >= 11 is 0. The maximum Gasteiger partial charge on any atom is 0.280 e. The van der Waals surface area contributed by atoms with Gasteiger partial charge < -0.3 is 20.4 Å². The minimum Gasteiger partial charge on any atom is -0.352 e. The molecule has 3 aliphatic heterocycles. The third-order valence-electron chi connectivity index (χ3n) is 6.87. The fourth-order valence-corrected chi connectivity index (χ4v) is 4.76. The second-order valence-corrected chi connectivity index (χ2v) is 9.46. The van der Waals surface area contributed by atoms with Crippen molar-refractivity contribution in [2.75, 3.05) is 56.5 Å². The Morgan fingerprint density at radius 2 is 1.80 bits per heavy atom. The lowest BCUT2D eigenvalue weighted by Crippen LogP contribution is -2.43. The molecule has 0 aliphatic carbocycles. The summed E-state index contributed by atoms with van der Waals surface area (Å²) in [4.78, 5) is 36.6. The fraction of sp³-hybridized carbons (Fsp3) is 0.423. The van der Waals surface area contributed by atoms with Crippen LogP contribution in [0.5, 0.6) is 0 Å².